The number of fused-ring (bicyclic) bond motifs is 5. The molecule has 3 aliphatic heterocycles. The number of aromatic nitrogens is 3. The zero-order chi connectivity index (χ0) is 29.6. The molecule has 0 saturated heterocycles. The molecule has 2 unspecified atom stereocenters. The van der Waals surface area contributed by atoms with Gasteiger partial charge < -0.3 is 18.8 Å². The summed E-state index contributed by atoms with van der Waals surface area (Å²) < 4.78 is 46.7. The standard InChI is InChI=1S/C30H32N4O7S/c1-18-21-12-20(14-28(18)39-3)25(15-29(35)36)24-7-8-26-30(19(24)2)31-32-34(26)10-4-5-11-40-23-6-9-27-22(13-23)17-33(16-21)42(37,38)41-27/h6-9,12-14,25H,4-5,10-11,15-17H2,1-3H3,(H,35,36). The molecular formula is C30H32N4O7S. The fourth-order valence-electron chi connectivity index (χ4n) is 5.82. The Hall–Kier alpha value is -4.16. The SMILES string of the molecule is COc1cc2cc(c1C)CN1Cc3cc(ccc3OS1(=O)=O)OCCCCn1nnc3c(C)c(ccc31)C2CC(=O)O. The maximum Gasteiger partial charge on any atom is 0.385 e. The molecule has 0 aliphatic carbocycles. The van der Waals surface area contributed by atoms with E-state index in [0.29, 0.717) is 41.3 Å². The Bertz CT molecular complexity index is 1800. The summed E-state index contributed by atoms with van der Waals surface area (Å²) in [6.07, 6.45) is 1.42. The summed E-state index contributed by atoms with van der Waals surface area (Å²) in [5, 5.41) is 18.8. The number of hydrogen-bond donors (Lipinski definition) is 1. The normalized spacial score (nSPS) is 19.8. The Labute approximate surface area is 243 Å². The molecule has 11 nitrogen and oxygen atoms in total. The van der Waals surface area contributed by atoms with Crippen LogP contribution in [0.25, 0.3) is 11.0 Å². The zero-order valence-corrected chi connectivity index (χ0v) is 24.5. The van der Waals surface area contributed by atoms with Gasteiger partial charge in [-0.1, -0.05) is 17.3 Å². The largest absolute Gasteiger partial charge is 0.496 e. The third-order valence-corrected chi connectivity index (χ3v) is 9.40. The van der Waals surface area contributed by atoms with Crippen molar-refractivity contribution in [1.29, 1.82) is 0 Å². The third kappa shape index (κ3) is 5.16. The quantitative estimate of drug-likeness (QED) is 0.366. The molecule has 9 bridgehead atoms. The highest BCUT2D eigenvalue weighted by Crippen LogP contribution is 2.39. The second kappa shape index (κ2) is 10.9. The predicted octanol–water partition coefficient (Wildman–Crippen LogP) is 4.48. The van der Waals surface area contributed by atoms with Crippen LogP contribution in [0.1, 0.15) is 58.6 Å². The fourth-order valence-corrected chi connectivity index (χ4v) is 6.91. The molecule has 1 aromatic heterocycles. The van der Waals surface area contributed by atoms with E-state index in [9.17, 15) is 18.3 Å². The highest BCUT2D eigenvalue weighted by atomic mass is 32.2. The van der Waals surface area contributed by atoms with Crippen LogP contribution in [0.5, 0.6) is 17.2 Å². The molecule has 3 aromatic carbocycles. The van der Waals surface area contributed by atoms with Gasteiger partial charge in [-0.2, -0.15) is 12.7 Å². The monoisotopic (exact) mass is 592 g/mol. The Morgan fingerprint density at radius 3 is 2.67 bits per heavy atom. The molecule has 0 amide bonds. The number of carbonyl (C=O) groups is 1. The Morgan fingerprint density at radius 2 is 1.88 bits per heavy atom. The molecule has 4 aromatic rings. The molecule has 0 radical (unpaired) electrons. The Balaban J connectivity index is 1.52. The lowest BCUT2D eigenvalue weighted by atomic mass is 9.84. The number of methoxy groups -OCH3 is 1. The summed E-state index contributed by atoms with van der Waals surface area (Å²) in [6.45, 7) is 5.03. The first-order valence-electron chi connectivity index (χ1n) is 13.8. The molecule has 7 rings (SSSR count). The zero-order valence-electron chi connectivity index (χ0n) is 23.7. The summed E-state index contributed by atoms with van der Waals surface area (Å²) in [5.41, 5.74) is 6.09. The van der Waals surface area contributed by atoms with Crippen LogP contribution in [-0.4, -0.2) is 52.5 Å². The summed E-state index contributed by atoms with van der Waals surface area (Å²) in [7, 11) is -2.55. The van der Waals surface area contributed by atoms with Gasteiger partial charge in [-0.3, -0.25) is 4.79 Å². The lowest BCUT2D eigenvalue weighted by Gasteiger charge is -2.29. The van der Waals surface area contributed by atoms with Gasteiger partial charge in [0.15, 0.2) is 0 Å². The van der Waals surface area contributed by atoms with Crippen LogP contribution in [0.3, 0.4) is 0 Å². The van der Waals surface area contributed by atoms with Gasteiger partial charge >= 0.3 is 16.3 Å². The fraction of sp³-hybridized carbons (Fsp3) is 0.367. The average molecular weight is 593 g/mol. The van der Waals surface area contributed by atoms with Crippen LogP contribution < -0.4 is 13.7 Å². The molecule has 0 saturated carbocycles. The third-order valence-electron chi connectivity index (χ3n) is 8.12. The Kier molecular flexibility index (Phi) is 7.27. The first kappa shape index (κ1) is 28.0. The van der Waals surface area contributed by atoms with Crippen molar-refractivity contribution in [3.8, 4) is 17.2 Å². The number of carboxylic acids is 1. The van der Waals surface area contributed by atoms with Gasteiger partial charge in [0.05, 0.1) is 25.7 Å². The van der Waals surface area contributed by atoms with Crippen LogP contribution in [0.2, 0.25) is 0 Å². The number of rotatable bonds is 3. The maximum absolute atomic E-state index is 13.2. The highest BCUT2D eigenvalue weighted by Gasteiger charge is 2.33. The van der Waals surface area contributed by atoms with Crippen molar-refractivity contribution in [2.45, 2.75) is 58.7 Å². The van der Waals surface area contributed by atoms with E-state index in [0.717, 1.165) is 40.6 Å². The lowest BCUT2D eigenvalue weighted by Crippen LogP contribution is -2.37. The molecule has 12 heteroatoms. The van der Waals surface area contributed by atoms with E-state index < -0.39 is 22.2 Å². The van der Waals surface area contributed by atoms with Gasteiger partial charge in [-0.25, -0.2) is 4.68 Å². The number of aryl methyl sites for hydroxylation is 2. The van der Waals surface area contributed by atoms with Gasteiger partial charge in [0.25, 0.3) is 0 Å². The van der Waals surface area contributed by atoms with Crippen molar-refractivity contribution in [2.75, 3.05) is 13.7 Å². The molecule has 4 heterocycles. The molecule has 0 fully saturated rings. The van der Waals surface area contributed by atoms with Crippen molar-refractivity contribution < 1.29 is 32.0 Å². The van der Waals surface area contributed by atoms with E-state index in [1.807, 2.05) is 48.9 Å². The van der Waals surface area contributed by atoms with Crippen molar-refractivity contribution in [3.05, 3.63) is 75.8 Å². The number of benzene rings is 3. The van der Waals surface area contributed by atoms with E-state index >= 15 is 0 Å². The first-order chi connectivity index (χ1) is 20.1. The molecule has 1 N–H and O–H groups in total. The molecule has 3 aliphatic rings. The summed E-state index contributed by atoms with van der Waals surface area (Å²) in [4.78, 5) is 12.1. The number of hydrogen-bond acceptors (Lipinski definition) is 8. The molecule has 2 atom stereocenters. The van der Waals surface area contributed by atoms with E-state index in [4.69, 9.17) is 13.7 Å². The summed E-state index contributed by atoms with van der Waals surface area (Å²) in [6, 6.07) is 12.7. The summed E-state index contributed by atoms with van der Waals surface area (Å²) in [5.74, 6) is -0.0438. The molecule has 220 valence electrons. The van der Waals surface area contributed by atoms with Gasteiger partial charge in [0.1, 0.15) is 22.8 Å². The van der Waals surface area contributed by atoms with Crippen LogP contribution >= 0.6 is 0 Å². The van der Waals surface area contributed by atoms with Gasteiger partial charge in [0, 0.05) is 31.1 Å². The summed E-state index contributed by atoms with van der Waals surface area (Å²) >= 11 is 0. The smallest absolute Gasteiger partial charge is 0.385 e. The predicted molar refractivity (Wildman–Crippen MR) is 154 cm³/mol. The average Bonchev–Trinajstić information content (AvgIpc) is 3.36. The van der Waals surface area contributed by atoms with Crippen molar-refractivity contribution in [1.82, 2.24) is 19.3 Å². The minimum absolute atomic E-state index is 0.00895. The van der Waals surface area contributed by atoms with Crippen molar-refractivity contribution in [3.63, 3.8) is 0 Å². The molecule has 0 spiro atoms. The molecule has 42 heavy (non-hydrogen) atoms. The topological polar surface area (TPSA) is 133 Å². The van der Waals surface area contributed by atoms with E-state index in [-0.39, 0.29) is 25.3 Å². The second-order valence-corrected chi connectivity index (χ2v) is 12.3. The highest BCUT2D eigenvalue weighted by molar-refractivity contribution is 7.84. The Morgan fingerprint density at radius 1 is 1.07 bits per heavy atom. The van der Waals surface area contributed by atoms with Gasteiger partial charge in [0.2, 0.25) is 0 Å². The number of ether oxygens (including phenoxy) is 2. The van der Waals surface area contributed by atoms with E-state index in [1.165, 1.54) is 4.31 Å². The van der Waals surface area contributed by atoms with E-state index in [2.05, 4.69) is 10.3 Å². The van der Waals surface area contributed by atoms with Crippen LogP contribution in [-0.2, 0) is 34.7 Å². The van der Waals surface area contributed by atoms with Crippen molar-refractivity contribution >= 4 is 27.3 Å². The van der Waals surface area contributed by atoms with Crippen LogP contribution in [0, 0.1) is 13.8 Å². The number of nitrogens with zero attached hydrogens (tertiary/aromatic N) is 4. The minimum atomic E-state index is -4.09. The van der Waals surface area contributed by atoms with Crippen molar-refractivity contribution in [2.24, 2.45) is 0 Å². The van der Waals surface area contributed by atoms with E-state index in [1.54, 1.807) is 19.2 Å². The molecular weight excluding hydrogens is 560 g/mol. The van der Waals surface area contributed by atoms with Gasteiger partial charge in [-0.15, -0.1) is 5.10 Å². The maximum atomic E-state index is 13.2. The number of carboxylic acid groups (broad SMARTS) is 1. The number of aliphatic carboxylic acids is 1. The first-order valence-corrected chi connectivity index (χ1v) is 15.2. The second-order valence-electron chi connectivity index (χ2n) is 10.8. The van der Waals surface area contributed by atoms with Crippen LogP contribution in [0.15, 0.2) is 42.5 Å². The lowest BCUT2D eigenvalue weighted by molar-refractivity contribution is -0.137. The minimum Gasteiger partial charge on any atom is -0.496 e. The van der Waals surface area contributed by atoms with Crippen LogP contribution in [0.4, 0.5) is 0 Å². The van der Waals surface area contributed by atoms with Gasteiger partial charge in [-0.05, 0) is 84.8 Å².